The van der Waals surface area contributed by atoms with Crippen molar-refractivity contribution in [1.82, 2.24) is 5.32 Å². The molecule has 1 rings (SSSR count). The molecule has 1 aromatic carbocycles. The van der Waals surface area contributed by atoms with E-state index in [9.17, 15) is 9.59 Å². The Labute approximate surface area is 110 Å². The molecule has 0 aromatic heterocycles. The average Bonchev–Trinajstić information content (AvgIpc) is 2.34. The fourth-order valence-corrected chi connectivity index (χ4v) is 1.55. The number of rotatable bonds is 6. The number of nitrogens with one attached hydrogen (secondary N) is 1. The van der Waals surface area contributed by atoms with Crippen LogP contribution in [0.4, 0.5) is 0 Å². The van der Waals surface area contributed by atoms with Gasteiger partial charge in [0, 0.05) is 5.56 Å². The fourth-order valence-electron chi connectivity index (χ4n) is 1.28. The molecule has 98 valence electrons. The molecule has 0 spiro atoms. The first-order valence-electron chi connectivity index (χ1n) is 5.28. The largest absolute Gasteiger partial charge is 0.497 e. The number of hydrogen-bond acceptors (Lipinski definition) is 4. The van der Waals surface area contributed by atoms with Gasteiger partial charge in [-0.1, -0.05) is 11.6 Å². The molecule has 2 N–H and O–H groups in total. The van der Waals surface area contributed by atoms with Crippen molar-refractivity contribution in [3.63, 3.8) is 0 Å². The summed E-state index contributed by atoms with van der Waals surface area (Å²) in [4.78, 5) is 22.4. The molecule has 1 atom stereocenters. The maximum Gasteiger partial charge on any atom is 0.320 e. The van der Waals surface area contributed by atoms with Crippen molar-refractivity contribution in [2.45, 2.75) is 13.0 Å². The van der Waals surface area contributed by atoms with Crippen LogP contribution in [0.1, 0.15) is 17.3 Å². The third-order valence-corrected chi connectivity index (χ3v) is 2.73. The van der Waals surface area contributed by atoms with Gasteiger partial charge >= 0.3 is 5.97 Å². The highest BCUT2D eigenvalue weighted by molar-refractivity contribution is 6.34. The summed E-state index contributed by atoms with van der Waals surface area (Å²) in [6.07, 6.45) is 0. The van der Waals surface area contributed by atoms with Gasteiger partial charge in [0.25, 0.3) is 0 Å². The molecule has 0 bridgehead atoms. The minimum Gasteiger partial charge on any atom is -0.497 e. The number of Topliss-reactive ketones (excluding diaryl/α,β-unsaturated/α-hetero) is 1. The summed E-state index contributed by atoms with van der Waals surface area (Å²) in [7, 11) is 1.50. The predicted octanol–water partition coefficient (Wildman–Crippen LogP) is 1.59. The van der Waals surface area contributed by atoms with E-state index in [2.05, 4.69) is 5.32 Å². The molecule has 5 nitrogen and oxygen atoms in total. The highest BCUT2D eigenvalue weighted by Gasteiger charge is 2.15. The van der Waals surface area contributed by atoms with Gasteiger partial charge in [-0.2, -0.15) is 0 Å². The Bertz CT molecular complexity index is 461. The third kappa shape index (κ3) is 3.72. The second kappa shape index (κ2) is 6.37. The van der Waals surface area contributed by atoms with Gasteiger partial charge in [-0.05, 0) is 25.1 Å². The summed E-state index contributed by atoms with van der Waals surface area (Å²) in [6, 6.07) is 3.93. The molecule has 1 aromatic rings. The van der Waals surface area contributed by atoms with E-state index < -0.39 is 12.0 Å². The quantitative estimate of drug-likeness (QED) is 0.769. The van der Waals surface area contributed by atoms with Gasteiger partial charge in [0.05, 0.1) is 18.7 Å². The van der Waals surface area contributed by atoms with E-state index in [1.54, 1.807) is 12.1 Å². The molecule has 0 fully saturated rings. The van der Waals surface area contributed by atoms with Crippen molar-refractivity contribution >= 4 is 23.4 Å². The van der Waals surface area contributed by atoms with Crippen LogP contribution in [0.15, 0.2) is 18.2 Å². The average molecular weight is 272 g/mol. The Kier molecular flexibility index (Phi) is 5.12. The van der Waals surface area contributed by atoms with Gasteiger partial charge in [0.15, 0.2) is 5.78 Å². The lowest BCUT2D eigenvalue weighted by molar-refractivity contribution is -0.138. The molecule has 0 radical (unpaired) electrons. The number of aliphatic carboxylic acids is 1. The summed E-state index contributed by atoms with van der Waals surface area (Å²) in [5.74, 6) is -0.720. The van der Waals surface area contributed by atoms with E-state index in [0.717, 1.165) is 0 Å². The smallest absolute Gasteiger partial charge is 0.320 e. The normalized spacial score (nSPS) is 11.9. The number of carbonyl (C=O) groups is 2. The second-order valence-electron chi connectivity index (χ2n) is 3.71. The summed E-state index contributed by atoms with van der Waals surface area (Å²) >= 11 is 5.94. The molecule has 18 heavy (non-hydrogen) atoms. The Morgan fingerprint density at radius 3 is 2.67 bits per heavy atom. The number of carboxylic acids is 1. The third-order valence-electron chi connectivity index (χ3n) is 2.42. The summed E-state index contributed by atoms with van der Waals surface area (Å²) in [5.41, 5.74) is 0.336. The van der Waals surface area contributed by atoms with Gasteiger partial charge in [-0.25, -0.2) is 0 Å². The highest BCUT2D eigenvalue weighted by atomic mass is 35.5. The summed E-state index contributed by atoms with van der Waals surface area (Å²) in [5, 5.41) is 11.6. The number of halogens is 1. The highest BCUT2D eigenvalue weighted by Crippen LogP contribution is 2.22. The van der Waals surface area contributed by atoms with Crippen LogP contribution in [0.5, 0.6) is 5.75 Å². The first-order chi connectivity index (χ1) is 8.45. The van der Waals surface area contributed by atoms with Gasteiger partial charge in [-0.15, -0.1) is 0 Å². The maximum atomic E-state index is 11.8. The molecular weight excluding hydrogens is 258 g/mol. The Morgan fingerprint density at radius 1 is 1.50 bits per heavy atom. The lowest BCUT2D eigenvalue weighted by Crippen LogP contribution is -2.37. The first kappa shape index (κ1) is 14.5. The van der Waals surface area contributed by atoms with Crippen LogP contribution in [-0.4, -0.2) is 36.6 Å². The van der Waals surface area contributed by atoms with Gasteiger partial charge in [0.1, 0.15) is 11.8 Å². The molecule has 0 aliphatic heterocycles. The molecule has 0 saturated heterocycles. The SMILES string of the molecule is COc1ccc(C(=O)CNC(C)C(=O)O)c(Cl)c1. The second-order valence-corrected chi connectivity index (χ2v) is 4.12. The molecule has 0 amide bonds. The van der Waals surface area contributed by atoms with Crippen LogP contribution in [0, 0.1) is 0 Å². The van der Waals surface area contributed by atoms with Gasteiger partial charge < -0.3 is 9.84 Å². The van der Waals surface area contributed by atoms with E-state index >= 15 is 0 Å². The number of benzene rings is 1. The van der Waals surface area contributed by atoms with E-state index in [0.29, 0.717) is 11.3 Å². The van der Waals surface area contributed by atoms with Crippen LogP contribution in [0.2, 0.25) is 5.02 Å². The molecule has 6 heteroatoms. The molecule has 0 aliphatic carbocycles. The Morgan fingerprint density at radius 2 is 2.17 bits per heavy atom. The number of methoxy groups -OCH3 is 1. The van der Waals surface area contributed by atoms with Crippen LogP contribution < -0.4 is 10.1 Å². The predicted molar refractivity (Wildman–Crippen MR) is 67.4 cm³/mol. The zero-order valence-corrected chi connectivity index (χ0v) is 10.8. The number of ketones is 1. The van der Waals surface area contributed by atoms with Gasteiger partial charge in [0.2, 0.25) is 0 Å². The minimum atomic E-state index is -1.01. The first-order valence-corrected chi connectivity index (χ1v) is 5.66. The lowest BCUT2D eigenvalue weighted by Gasteiger charge is -2.09. The van der Waals surface area contributed by atoms with Crippen LogP contribution >= 0.6 is 11.6 Å². The molecular formula is C12H14ClNO4. The van der Waals surface area contributed by atoms with Crippen molar-refractivity contribution in [1.29, 1.82) is 0 Å². The number of ether oxygens (including phenoxy) is 1. The Hall–Kier alpha value is -1.59. The monoisotopic (exact) mass is 271 g/mol. The fraction of sp³-hybridized carbons (Fsp3) is 0.333. The number of hydrogen-bond donors (Lipinski definition) is 2. The van der Waals surface area contributed by atoms with Crippen LogP contribution in [-0.2, 0) is 4.79 Å². The molecule has 0 aliphatic rings. The number of carboxylic acid groups (broad SMARTS) is 1. The lowest BCUT2D eigenvalue weighted by atomic mass is 10.1. The van der Waals surface area contributed by atoms with Crippen molar-refractivity contribution in [3.05, 3.63) is 28.8 Å². The van der Waals surface area contributed by atoms with E-state index in [1.807, 2.05) is 0 Å². The van der Waals surface area contributed by atoms with Crippen LogP contribution in [0.25, 0.3) is 0 Å². The van der Waals surface area contributed by atoms with E-state index in [1.165, 1.54) is 20.1 Å². The zero-order chi connectivity index (χ0) is 13.7. The summed E-state index contributed by atoms with van der Waals surface area (Å²) < 4.78 is 4.97. The van der Waals surface area contributed by atoms with Gasteiger partial charge in [-0.3, -0.25) is 14.9 Å². The topological polar surface area (TPSA) is 75.6 Å². The molecule has 0 heterocycles. The van der Waals surface area contributed by atoms with E-state index in [4.69, 9.17) is 21.4 Å². The van der Waals surface area contributed by atoms with Crippen molar-refractivity contribution in [2.75, 3.05) is 13.7 Å². The molecule has 1 unspecified atom stereocenters. The van der Waals surface area contributed by atoms with Crippen molar-refractivity contribution in [2.24, 2.45) is 0 Å². The maximum absolute atomic E-state index is 11.8. The molecule has 0 saturated carbocycles. The van der Waals surface area contributed by atoms with E-state index in [-0.39, 0.29) is 17.4 Å². The Balaban J connectivity index is 2.70. The summed E-state index contributed by atoms with van der Waals surface area (Å²) in [6.45, 7) is 1.38. The zero-order valence-electron chi connectivity index (χ0n) is 10.1. The van der Waals surface area contributed by atoms with Crippen LogP contribution in [0.3, 0.4) is 0 Å². The number of carbonyl (C=O) groups excluding carboxylic acids is 1. The minimum absolute atomic E-state index is 0.0838. The van der Waals surface area contributed by atoms with Crippen molar-refractivity contribution in [3.8, 4) is 5.75 Å². The van der Waals surface area contributed by atoms with Crippen molar-refractivity contribution < 1.29 is 19.4 Å². The standard InChI is InChI=1S/C12H14ClNO4/c1-7(12(16)17)14-6-11(15)9-4-3-8(18-2)5-10(9)13/h3-5,7,14H,6H2,1-2H3,(H,16,17).